The number of halogens is 3. The van der Waals surface area contributed by atoms with Crippen LogP contribution in [0.15, 0.2) is 53.3 Å². The molecule has 0 aromatic heterocycles. The van der Waals surface area contributed by atoms with E-state index in [9.17, 15) is 48.0 Å². The van der Waals surface area contributed by atoms with Crippen molar-refractivity contribution in [2.45, 2.75) is 37.2 Å². The second-order valence-electron chi connectivity index (χ2n) is 11.4. The Morgan fingerprint density at radius 3 is 2.33 bits per heavy atom. The number of phenols is 1. The summed E-state index contributed by atoms with van der Waals surface area (Å²) in [6.07, 6.45) is -4.29. The number of hydrogen-bond donors (Lipinski definition) is 6. The van der Waals surface area contributed by atoms with E-state index in [0.717, 1.165) is 0 Å². The summed E-state index contributed by atoms with van der Waals surface area (Å²) in [5, 5.41) is 47.1. The smallest absolute Gasteiger partial charge is 0.401 e. The third-order valence-corrected chi connectivity index (χ3v) is 8.52. The fourth-order valence-electron chi connectivity index (χ4n) is 6.67. The number of ketones is 2. The molecule has 1 fully saturated rings. The number of aromatic hydroxyl groups is 1. The monoisotopic (exact) mass is 601 g/mol. The minimum atomic E-state index is -4.34. The van der Waals surface area contributed by atoms with Gasteiger partial charge in [0.2, 0.25) is 5.78 Å². The molecule has 0 aliphatic heterocycles. The van der Waals surface area contributed by atoms with Crippen LogP contribution in [-0.4, -0.2) is 81.3 Å². The van der Waals surface area contributed by atoms with Crippen molar-refractivity contribution >= 4 is 23.2 Å². The van der Waals surface area contributed by atoms with Gasteiger partial charge in [-0.3, -0.25) is 19.3 Å². The molecule has 0 bridgehead atoms. The van der Waals surface area contributed by atoms with Gasteiger partial charge in [-0.2, -0.15) is 13.2 Å². The number of carbonyl (C=O) groups excluding carboxylic acids is 3. The number of rotatable bonds is 6. The van der Waals surface area contributed by atoms with E-state index in [-0.39, 0.29) is 36.3 Å². The van der Waals surface area contributed by atoms with Crippen molar-refractivity contribution in [1.29, 1.82) is 0 Å². The highest BCUT2D eigenvalue weighted by Crippen LogP contribution is 2.53. The number of aliphatic hydroxyl groups is 3. The molecular weight excluding hydrogens is 571 g/mol. The molecule has 228 valence electrons. The molecular formula is C30H30F3N3O7. The number of phenolic OH excluding ortho intramolecular Hbond substituents is 1. The number of nitrogens with two attached hydrogens (primary N) is 1. The summed E-state index contributed by atoms with van der Waals surface area (Å²) >= 11 is 0. The maximum absolute atomic E-state index is 13.9. The minimum Gasteiger partial charge on any atom is -0.508 e. The Morgan fingerprint density at radius 2 is 1.74 bits per heavy atom. The van der Waals surface area contributed by atoms with Gasteiger partial charge in [0.1, 0.15) is 22.8 Å². The van der Waals surface area contributed by atoms with E-state index in [1.54, 1.807) is 30.3 Å². The summed E-state index contributed by atoms with van der Waals surface area (Å²) in [5.41, 5.74) is 3.72. The number of nitrogens with zero attached hydrogens (tertiary/aromatic N) is 1. The number of aliphatic hydroxyl groups excluding tert-OH is 2. The van der Waals surface area contributed by atoms with Crippen LogP contribution in [0, 0.1) is 11.8 Å². The fourth-order valence-corrected chi connectivity index (χ4v) is 6.67. The van der Waals surface area contributed by atoms with Crippen molar-refractivity contribution in [2.75, 3.05) is 20.6 Å². The lowest BCUT2D eigenvalue weighted by molar-refractivity contribution is -0.153. The van der Waals surface area contributed by atoms with Gasteiger partial charge >= 0.3 is 6.18 Å². The van der Waals surface area contributed by atoms with Crippen LogP contribution < -0.4 is 11.1 Å². The van der Waals surface area contributed by atoms with Crippen LogP contribution >= 0.6 is 0 Å². The van der Waals surface area contributed by atoms with Crippen molar-refractivity contribution < 1.29 is 48.0 Å². The standard InChI is InChI=1S/C30H30F3N3O7/c1-36(2)23-18-10-15-9-17-16(14-5-3-13(4-6-14)11-35-12-29(31,32)33)7-8-19(37)21(17)24(38)20(15)26(40)30(18,43)27(41)22(25(23)39)28(34)42/h3-8,15,18,23,35,37-38,41,43H,9-12H2,1-2H3,(H2,34,42)/t15-,18+,23?,30+/m0/s1. The van der Waals surface area contributed by atoms with E-state index in [2.05, 4.69) is 5.32 Å². The zero-order chi connectivity index (χ0) is 31.6. The number of Topliss-reactive ketones (excluding diaryl/α,β-unsaturated/α-hetero) is 2. The van der Waals surface area contributed by atoms with E-state index in [1.807, 2.05) is 0 Å². The van der Waals surface area contributed by atoms with Gasteiger partial charge in [0.15, 0.2) is 11.4 Å². The number of nitrogens with one attached hydrogen (secondary N) is 1. The van der Waals surface area contributed by atoms with Crippen LogP contribution in [0.1, 0.15) is 23.1 Å². The quantitative estimate of drug-likeness (QED) is 0.272. The van der Waals surface area contributed by atoms with E-state index < -0.39 is 70.8 Å². The Labute approximate surface area is 243 Å². The molecule has 5 rings (SSSR count). The first kappa shape index (κ1) is 30.3. The summed E-state index contributed by atoms with van der Waals surface area (Å²) in [4.78, 5) is 40.7. The summed E-state index contributed by atoms with van der Waals surface area (Å²) in [5.74, 6) is -7.31. The lowest BCUT2D eigenvalue weighted by Crippen LogP contribution is -2.65. The molecule has 1 amide bonds. The molecule has 2 aromatic rings. The van der Waals surface area contributed by atoms with Crippen LogP contribution in [0.2, 0.25) is 0 Å². The van der Waals surface area contributed by atoms with Gasteiger partial charge in [-0.1, -0.05) is 30.3 Å². The molecule has 4 atom stereocenters. The molecule has 43 heavy (non-hydrogen) atoms. The van der Waals surface area contributed by atoms with E-state index >= 15 is 0 Å². The highest BCUT2D eigenvalue weighted by Gasteiger charge is 2.64. The average Bonchev–Trinajstić information content (AvgIpc) is 2.90. The van der Waals surface area contributed by atoms with E-state index in [1.165, 1.54) is 25.1 Å². The van der Waals surface area contributed by atoms with Crippen molar-refractivity contribution in [3.63, 3.8) is 0 Å². The summed E-state index contributed by atoms with van der Waals surface area (Å²) in [6.45, 7) is -1.15. The average molecular weight is 602 g/mol. The van der Waals surface area contributed by atoms with Gasteiger partial charge < -0.3 is 31.5 Å². The Balaban J connectivity index is 1.58. The number of carbonyl (C=O) groups is 3. The van der Waals surface area contributed by atoms with Gasteiger partial charge in [0, 0.05) is 18.0 Å². The number of hydrogen-bond acceptors (Lipinski definition) is 9. The normalized spacial score (nSPS) is 25.5. The first-order valence-corrected chi connectivity index (χ1v) is 13.4. The maximum Gasteiger partial charge on any atom is 0.401 e. The van der Waals surface area contributed by atoms with Gasteiger partial charge in [0.25, 0.3) is 5.91 Å². The third-order valence-electron chi connectivity index (χ3n) is 8.52. The molecule has 13 heteroatoms. The van der Waals surface area contributed by atoms with Crippen LogP contribution in [-0.2, 0) is 27.3 Å². The van der Waals surface area contributed by atoms with Crippen LogP contribution in [0.5, 0.6) is 5.75 Å². The predicted octanol–water partition coefficient (Wildman–Crippen LogP) is 2.28. The number of primary amides is 1. The second kappa shape index (κ2) is 10.5. The van der Waals surface area contributed by atoms with Gasteiger partial charge in [0.05, 0.1) is 18.2 Å². The number of likely N-dealkylation sites (N-methyl/N-ethyl adjacent to an activating group) is 1. The molecule has 3 aliphatic carbocycles. The van der Waals surface area contributed by atoms with Crippen molar-refractivity contribution in [3.8, 4) is 16.9 Å². The molecule has 1 unspecified atom stereocenters. The Morgan fingerprint density at radius 1 is 1.09 bits per heavy atom. The molecule has 0 spiro atoms. The molecule has 1 saturated carbocycles. The van der Waals surface area contributed by atoms with Crippen molar-refractivity contribution in [1.82, 2.24) is 10.2 Å². The number of fused-ring (bicyclic) bond motifs is 3. The zero-order valence-corrected chi connectivity index (χ0v) is 23.2. The third kappa shape index (κ3) is 4.86. The molecule has 0 saturated heterocycles. The molecule has 7 N–H and O–H groups in total. The Bertz CT molecular complexity index is 1600. The highest BCUT2D eigenvalue weighted by atomic mass is 19.4. The first-order chi connectivity index (χ1) is 20.1. The number of benzene rings is 2. The van der Waals surface area contributed by atoms with E-state index in [0.29, 0.717) is 22.3 Å². The van der Waals surface area contributed by atoms with Crippen molar-refractivity contribution in [2.24, 2.45) is 17.6 Å². The van der Waals surface area contributed by atoms with Crippen LogP contribution in [0.25, 0.3) is 16.9 Å². The predicted molar refractivity (Wildman–Crippen MR) is 147 cm³/mol. The summed E-state index contributed by atoms with van der Waals surface area (Å²) in [6, 6.07) is 8.41. The fraction of sp³-hybridized carbons (Fsp3) is 0.367. The summed E-state index contributed by atoms with van der Waals surface area (Å²) in [7, 11) is 3.04. The van der Waals surface area contributed by atoms with Crippen LogP contribution in [0.3, 0.4) is 0 Å². The van der Waals surface area contributed by atoms with E-state index in [4.69, 9.17) is 5.73 Å². The Kier molecular flexibility index (Phi) is 7.39. The van der Waals surface area contributed by atoms with Crippen molar-refractivity contribution in [3.05, 3.63) is 70.0 Å². The zero-order valence-electron chi connectivity index (χ0n) is 23.2. The SMILES string of the molecule is CN(C)C1C(=O)C(C(N)=O)=C(O)[C@]2(O)C(=O)C3=C(O)c4c(O)ccc(-c5ccc(CNCC(F)(F)F)cc5)c4C[C@H]3C[C@H]12. The highest BCUT2D eigenvalue weighted by molar-refractivity contribution is 6.24. The maximum atomic E-state index is 13.9. The first-order valence-electron chi connectivity index (χ1n) is 13.4. The number of amides is 1. The van der Waals surface area contributed by atoms with Gasteiger partial charge in [-0.15, -0.1) is 0 Å². The van der Waals surface area contributed by atoms with Gasteiger partial charge in [-0.25, -0.2) is 0 Å². The molecule has 3 aliphatic rings. The molecule has 10 nitrogen and oxygen atoms in total. The molecule has 0 radical (unpaired) electrons. The lowest BCUT2D eigenvalue weighted by atomic mass is 9.57. The summed E-state index contributed by atoms with van der Waals surface area (Å²) < 4.78 is 37.4. The van der Waals surface area contributed by atoms with Crippen LogP contribution in [0.4, 0.5) is 13.2 Å². The van der Waals surface area contributed by atoms with Gasteiger partial charge in [-0.05, 0) is 61.2 Å². The second-order valence-corrected chi connectivity index (χ2v) is 11.4. The largest absolute Gasteiger partial charge is 0.508 e. The Hall–Kier alpha value is -4.20. The topological polar surface area (TPSA) is 173 Å². The molecule has 2 aromatic carbocycles. The minimum absolute atomic E-state index is 0.0145. The lowest BCUT2D eigenvalue weighted by Gasteiger charge is -2.50. The molecule has 0 heterocycles. The number of alkyl halides is 3.